The second-order valence-corrected chi connectivity index (χ2v) is 6.63. The average molecular weight is 306 g/mol. The van der Waals surface area contributed by atoms with E-state index < -0.39 is 0 Å². The van der Waals surface area contributed by atoms with Gasteiger partial charge in [-0.05, 0) is 44.6 Å². The van der Waals surface area contributed by atoms with Gasteiger partial charge >= 0.3 is 0 Å². The Labute approximate surface area is 131 Å². The summed E-state index contributed by atoms with van der Waals surface area (Å²) in [6.07, 6.45) is 8.89. The smallest absolute Gasteiger partial charge is 0.226 e. The normalized spacial score (nSPS) is 25.1. The first-order chi connectivity index (χ1) is 10.8. The molecule has 2 fully saturated rings. The Morgan fingerprint density at radius 3 is 2.86 bits per heavy atom. The molecule has 1 aromatic rings. The molecular formula is C16H26N4O2. The molecule has 0 radical (unpaired) electrons. The van der Waals surface area contributed by atoms with Crippen molar-refractivity contribution in [2.24, 2.45) is 11.7 Å². The third kappa shape index (κ3) is 4.06. The molecule has 2 saturated carbocycles. The van der Waals surface area contributed by atoms with Gasteiger partial charge in [0, 0.05) is 24.8 Å². The van der Waals surface area contributed by atoms with Crippen molar-refractivity contribution in [3.8, 4) is 0 Å². The van der Waals surface area contributed by atoms with Crippen LogP contribution in [0.25, 0.3) is 0 Å². The highest BCUT2D eigenvalue weighted by molar-refractivity contribution is 5.76. The number of rotatable bonds is 7. The van der Waals surface area contributed by atoms with Crippen molar-refractivity contribution < 1.29 is 9.32 Å². The van der Waals surface area contributed by atoms with Crippen LogP contribution in [0, 0.1) is 5.92 Å². The van der Waals surface area contributed by atoms with Gasteiger partial charge in [-0.15, -0.1) is 0 Å². The highest BCUT2D eigenvalue weighted by Crippen LogP contribution is 2.38. The van der Waals surface area contributed by atoms with Gasteiger partial charge in [0.15, 0.2) is 5.82 Å². The molecule has 2 atom stereocenters. The molecule has 2 aliphatic carbocycles. The molecule has 22 heavy (non-hydrogen) atoms. The van der Waals surface area contributed by atoms with Crippen LogP contribution >= 0.6 is 0 Å². The number of nitrogens with two attached hydrogens (primary N) is 1. The Morgan fingerprint density at radius 2 is 2.09 bits per heavy atom. The lowest BCUT2D eigenvalue weighted by Gasteiger charge is -2.31. The number of carbonyl (C=O) groups is 1. The molecule has 0 aromatic carbocycles. The minimum absolute atomic E-state index is 0.118. The standard InChI is InChI=1S/C16H26N4O2/c17-10-12-4-1-2-5-13(12)18-14(21)6-3-7-15-19-16(20-22-15)11-8-9-11/h11-13H,1-10,17H2,(H,18,21). The number of aryl methyl sites for hydroxylation is 1. The second kappa shape index (κ2) is 7.22. The zero-order valence-electron chi connectivity index (χ0n) is 13.1. The Bertz CT molecular complexity index is 498. The molecule has 1 amide bonds. The molecule has 6 heteroatoms. The van der Waals surface area contributed by atoms with E-state index in [1.54, 1.807) is 0 Å². The molecule has 122 valence electrons. The van der Waals surface area contributed by atoms with E-state index in [2.05, 4.69) is 15.5 Å². The van der Waals surface area contributed by atoms with Crippen LogP contribution in [0.4, 0.5) is 0 Å². The number of hydrogen-bond acceptors (Lipinski definition) is 5. The van der Waals surface area contributed by atoms with Crippen LogP contribution in [0.5, 0.6) is 0 Å². The largest absolute Gasteiger partial charge is 0.353 e. The summed E-state index contributed by atoms with van der Waals surface area (Å²) in [6.45, 7) is 0.664. The summed E-state index contributed by atoms with van der Waals surface area (Å²) >= 11 is 0. The summed E-state index contributed by atoms with van der Waals surface area (Å²) in [5.41, 5.74) is 5.80. The number of nitrogens with zero attached hydrogens (tertiary/aromatic N) is 2. The first-order valence-electron chi connectivity index (χ1n) is 8.58. The number of nitrogens with one attached hydrogen (secondary N) is 1. The molecular weight excluding hydrogens is 280 g/mol. The Kier molecular flexibility index (Phi) is 5.08. The van der Waals surface area contributed by atoms with Crippen LogP contribution in [0.15, 0.2) is 4.52 Å². The van der Waals surface area contributed by atoms with Crippen molar-refractivity contribution in [3.05, 3.63) is 11.7 Å². The molecule has 6 nitrogen and oxygen atoms in total. The van der Waals surface area contributed by atoms with Crippen LogP contribution in [-0.4, -0.2) is 28.6 Å². The zero-order valence-corrected chi connectivity index (χ0v) is 13.1. The van der Waals surface area contributed by atoms with Gasteiger partial charge in [0.2, 0.25) is 11.8 Å². The van der Waals surface area contributed by atoms with Crippen LogP contribution in [-0.2, 0) is 11.2 Å². The Balaban J connectivity index is 1.37. The van der Waals surface area contributed by atoms with Gasteiger partial charge in [-0.2, -0.15) is 4.98 Å². The third-order valence-electron chi connectivity index (χ3n) is 4.78. The molecule has 1 aromatic heterocycles. The molecule has 3 N–H and O–H groups in total. The van der Waals surface area contributed by atoms with Gasteiger partial charge in [-0.1, -0.05) is 18.0 Å². The zero-order chi connectivity index (χ0) is 15.4. The summed E-state index contributed by atoms with van der Waals surface area (Å²) < 4.78 is 5.22. The monoisotopic (exact) mass is 306 g/mol. The quantitative estimate of drug-likeness (QED) is 0.802. The SMILES string of the molecule is NCC1CCCCC1NC(=O)CCCc1nc(C2CC2)no1. The van der Waals surface area contributed by atoms with Crippen molar-refractivity contribution in [2.75, 3.05) is 6.54 Å². The number of aromatic nitrogens is 2. The van der Waals surface area contributed by atoms with E-state index in [4.69, 9.17) is 10.3 Å². The van der Waals surface area contributed by atoms with Crippen LogP contribution < -0.4 is 11.1 Å². The van der Waals surface area contributed by atoms with Gasteiger partial charge in [0.05, 0.1) is 0 Å². The maximum absolute atomic E-state index is 12.1. The van der Waals surface area contributed by atoms with Gasteiger partial charge in [-0.3, -0.25) is 4.79 Å². The predicted octanol–water partition coefficient (Wildman–Crippen LogP) is 1.90. The van der Waals surface area contributed by atoms with E-state index in [9.17, 15) is 4.79 Å². The molecule has 0 spiro atoms. The number of amides is 1. The number of hydrogen-bond donors (Lipinski definition) is 2. The van der Waals surface area contributed by atoms with Crippen LogP contribution in [0.2, 0.25) is 0 Å². The highest BCUT2D eigenvalue weighted by Gasteiger charge is 2.28. The molecule has 0 bridgehead atoms. The van der Waals surface area contributed by atoms with Gasteiger partial charge in [-0.25, -0.2) is 0 Å². The molecule has 0 saturated heterocycles. The van der Waals surface area contributed by atoms with Crippen molar-refractivity contribution in [3.63, 3.8) is 0 Å². The van der Waals surface area contributed by atoms with E-state index in [1.165, 1.54) is 25.7 Å². The summed E-state index contributed by atoms with van der Waals surface area (Å²) in [5, 5.41) is 7.14. The topological polar surface area (TPSA) is 94.0 Å². The van der Waals surface area contributed by atoms with Gasteiger partial charge in [0.25, 0.3) is 0 Å². The minimum Gasteiger partial charge on any atom is -0.353 e. The second-order valence-electron chi connectivity index (χ2n) is 6.63. The summed E-state index contributed by atoms with van der Waals surface area (Å²) in [4.78, 5) is 16.5. The summed E-state index contributed by atoms with van der Waals surface area (Å²) in [7, 11) is 0. The van der Waals surface area contributed by atoms with Gasteiger partial charge < -0.3 is 15.6 Å². The van der Waals surface area contributed by atoms with Crippen molar-refractivity contribution >= 4 is 5.91 Å². The highest BCUT2D eigenvalue weighted by atomic mass is 16.5. The molecule has 2 aliphatic rings. The molecule has 3 rings (SSSR count). The third-order valence-corrected chi connectivity index (χ3v) is 4.78. The van der Waals surface area contributed by atoms with Crippen LogP contribution in [0.3, 0.4) is 0 Å². The van der Waals surface area contributed by atoms with Crippen molar-refractivity contribution in [2.45, 2.75) is 69.7 Å². The summed E-state index contributed by atoms with van der Waals surface area (Å²) in [6, 6.07) is 0.260. The average Bonchev–Trinajstić information content (AvgIpc) is 3.27. The molecule has 0 aliphatic heterocycles. The van der Waals surface area contributed by atoms with E-state index in [1.807, 2.05) is 0 Å². The lowest BCUT2D eigenvalue weighted by molar-refractivity contribution is -0.122. The Hall–Kier alpha value is -1.43. The Morgan fingerprint density at radius 1 is 1.27 bits per heavy atom. The fourth-order valence-electron chi connectivity index (χ4n) is 3.24. The van der Waals surface area contributed by atoms with E-state index >= 15 is 0 Å². The van der Waals surface area contributed by atoms with Crippen molar-refractivity contribution in [1.82, 2.24) is 15.5 Å². The maximum Gasteiger partial charge on any atom is 0.226 e. The predicted molar refractivity (Wildman–Crippen MR) is 82.2 cm³/mol. The maximum atomic E-state index is 12.1. The van der Waals surface area contributed by atoms with E-state index in [0.29, 0.717) is 37.1 Å². The fourth-order valence-corrected chi connectivity index (χ4v) is 3.24. The molecule has 2 unspecified atom stereocenters. The fraction of sp³-hybridized carbons (Fsp3) is 0.812. The van der Waals surface area contributed by atoms with Gasteiger partial charge in [0.1, 0.15) is 0 Å². The van der Waals surface area contributed by atoms with E-state index in [0.717, 1.165) is 25.1 Å². The van der Waals surface area contributed by atoms with Crippen molar-refractivity contribution in [1.29, 1.82) is 0 Å². The minimum atomic E-state index is 0.118. The lowest BCUT2D eigenvalue weighted by Crippen LogP contribution is -2.44. The molecule has 1 heterocycles. The van der Waals surface area contributed by atoms with Crippen LogP contribution in [0.1, 0.15) is 69.0 Å². The summed E-state index contributed by atoms with van der Waals surface area (Å²) in [5.74, 6) is 2.57. The first-order valence-corrected chi connectivity index (χ1v) is 8.58. The lowest BCUT2D eigenvalue weighted by atomic mass is 9.84. The number of carbonyl (C=O) groups excluding carboxylic acids is 1. The van der Waals surface area contributed by atoms with E-state index in [-0.39, 0.29) is 11.9 Å². The first kappa shape index (κ1) is 15.5.